The summed E-state index contributed by atoms with van der Waals surface area (Å²) in [7, 11) is 0. The van der Waals surface area contributed by atoms with Crippen LogP contribution in [-0.4, -0.2) is 11.5 Å². The lowest BCUT2D eigenvalue weighted by molar-refractivity contribution is 0.529. The highest BCUT2D eigenvalue weighted by Gasteiger charge is 2.07. The van der Waals surface area contributed by atoms with Crippen molar-refractivity contribution < 1.29 is 0 Å². The second kappa shape index (κ2) is 7.80. The molecule has 0 amide bonds. The summed E-state index contributed by atoms with van der Waals surface area (Å²) in [6.07, 6.45) is 6.71. The Labute approximate surface area is 103 Å². The van der Waals surface area contributed by atoms with Crippen molar-refractivity contribution in [1.82, 2.24) is 10.3 Å². The van der Waals surface area contributed by atoms with E-state index in [0.717, 1.165) is 12.2 Å². The van der Waals surface area contributed by atoms with Crippen LogP contribution < -0.4 is 5.32 Å². The van der Waals surface area contributed by atoms with Gasteiger partial charge in [-0.05, 0) is 26.8 Å². The number of aryl methyl sites for hydroxylation is 1. The molecule has 1 unspecified atom stereocenters. The van der Waals surface area contributed by atoms with Crippen molar-refractivity contribution in [1.29, 1.82) is 0 Å². The Hall–Kier alpha value is -0.410. The van der Waals surface area contributed by atoms with E-state index in [1.54, 1.807) is 11.3 Å². The van der Waals surface area contributed by atoms with Crippen LogP contribution in [-0.2, 0) is 0 Å². The van der Waals surface area contributed by atoms with Crippen LogP contribution in [0.2, 0.25) is 0 Å². The van der Waals surface area contributed by atoms with E-state index in [9.17, 15) is 0 Å². The van der Waals surface area contributed by atoms with Crippen molar-refractivity contribution in [2.45, 2.75) is 58.9 Å². The number of nitrogens with one attached hydrogen (secondary N) is 1. The molecule has 0 aliphatic rings. The van der Waals surface area contributed by atoms with Gasteiger partial charge in [0.1, 0.15) is 5.01 Å². The molecule has 1 atom stereocenters. The van der Waals surface area contributed by atoms with Crippen LogP contribution in [0.15, 0.2) is 5.38 Å². The average molecular weight is 240 g/mol. The summed E-state index contributed by atoms with van der Waals surface area (Å²) in [5.74, 6) is 0. The van der Waals surface area contributed by atoms with Crippen LogP contribution in [0.3, 0.4) is 0 Å². The molecule has 3 heteroatoms. The van der Waals surface area contributed by atoms with E-state index >= 15 is 0 Å². The van der Waals surface area contributed by atoms with E-state index in [1.807, 2.05) is 0 Å². The molecule has 92 valence electrons. The molecular weight excluding hydrogens is 216 g/mol. The largest absolute Gasteiger partial charge is 0.308 e. The van der Waals surface area contributed by atoms with Crippen LogP contribution in [0.4, 0.5) is 0 Å². The number of hydrogen-bond acceptors (Lipinski definition) is 3. The predicted molar refractivity (Wildman–Crippen MR) is 72.0 cm³/mol. The lowest BCUT2D eigenvalue weighted by atomic mass is 10.1. The number of nitrogens with zero attached hydrogens (tertiary/aromatic N) is 1. The Morgan fingerprint density at radius 2 is 2.06 bits per heavy atom. The highest BCUT2D eigenvalue weighted by atomic mass is 32.1. The molecule has 0 aliphatic heterocycles. The topological polar surface area (TPSA) is 24.9 Å². The summed E-state index contributed by atoms with van der Waals surface area (Å²) < 4.78 is 0. The fourth-order valence-electron chi connectivity index (χ4n) is 1.71. The monoisotopic (exact) mass is 240 g/mol. The van der Waals surface area contributed by atoms with E-state index in [0.29, 0.717) is 6.04 Å². The summed E-state index contributed by atoms with van der Waals surface area (Å²) in [5, 5.41) is 6.87. The molecule has 2 nitrogen and oxygen atoms in total. The minimum Gasteiger partial charge on any atom is -0.308 e. The Morgan fingerprint density at radius 3 is 2.69 bits per heavy atom. The van der Waals surface area contributed by atoms with Gasteiger partial charge < -0.3 is 5.32 Å². The highest BCUT2D eigenvalue weighted by molar-refractivity contribution is 7.09. The summed E-state index contributed by atoms with van der Waals surface area (Å²) in [6.45, 7) is 7.62. The first kappa shape index (κ1) is 13.7. The van der Waals surface area contributed by atoms with Crippen molar-refractivity contribution in [3.05, 3.63) is 16.1 Å². The molecule has 1 aromatic rings. The lowest BCUT2D eigenvalue weighted by Crippen LogP contribution is -2.19. The second-order valence-electron chi connectivity index (χ2n) is 4.42. The smallest absolute Gasteiger partial charge is 0.110 e. The lowest BCUT2D eigenvalue weighted by Gasteiger charge is -2.10. The maximum absolute atomic E-state index is 4.49. The second-order valence-corrected chi connectivity index (χ2v) is 5.31. The number of unbranched alkanes of at least 4 members (excludes halogenated alkanes) is 4. The predicted octanol–water partition coefficient (Wildman–Crippen LogP) is 4.07. The average Bonchev–Trinajstić information content (AvgIpc) is 2.70. The minimum atomic E-state index is 0.407. The Balaban J connectivity index is 2.09. The van der Waals surface area contributed by atoms with Gasteiger partial charge in [0.25, 0.3) is 0 Å². The third kappa shape index (κ3) is 5.08. The molecule has 0 saturated heterocycles. The maximum atomic E-state index is 4.49. The molecule has 1 aromatic heterocycles. The molecular formula is C13H24N2S. The first-order chi connectivity index (χ1) is 7.74. The summed E-state index contributed by atoms with van der Waals surface area (Å²) in [4.78, 5) is 4.49. The number of aromatic nitrogens is 1. The molecule has 0 fully saturated rings. The Bertz CT molecular complexity index is 283. The van der Waals surface area contributed by atoms with E-state index < -0.39 is 0 Å². The van der Waals surface area contributed by atoms with Crippen LogP contribution in [0.25, 0.3) is 0 Å². The maximum Gasteiger partial charge on any atom is 0.110 e. The molecule has 0 aromatic carbocycles. The van der Waals surface area contributed by atoms with Gasteiger partial charge in [-0.25, -0.2) is 4.98 Å². The van der Waals surface area contributed by atoms with Crippen molar-refractivity contribution in [2.75, 3.05) is 6.54 Å². The van der Waals surface area contributed by atoms with Gasteiger partial charge in [-0.15, -0.1) is 11.3 Å². The minimum absolute atomic E-state index is 0.407. The highest BCUT2D eigenvalue weighted by Crippen LogP contribution is 2.17. The molecule has 1 N–H and O–H groups in total. The van der Waals surface area contributed by atoms with Crippen molar-refractivity contribution >= 4 is 11.3 Å². The van der Waals surface area contributed by atoms with Gasteiger partial charge >= 0.3 is 0 Å². The third-order valence-corrected chi connectivity index (χ3v) is 3.88. The Morgan fingerprint density at radius 1 is 1.31 bits per heavy atom. The zero-order valence-electron chi connectivity index (χ0n) is 10.8. The standard InChI is InChI=1S/C13H24N2S/c1-4-5-6-7-8-9-14-12(3)13-15-11(2)10-16-13/h10,12,14H,4-9H2,1-3H3. The fourth-order valence-corrected chi connectivity index (χ4v) is 2.53. The SMILES string of the molecule is CCCCCCCNC(C)c1nc(C)cs1. The van der Waals surface area contributed by atoms with Gasteiger partial charge in [0, 0.05) is 11.1 Å². The summed E-state index contributed by atoms with van der Waals surface area (Å²) in [6, 6.07) is 0.407. The summed E-state index contributed by atoms with van der Waals surface area (Å²) >= 11 is 1.76. The zero-order chi connectivity index (χ0) is 11.8. The van der Waals surface area contributed by atoms with Crippen molar-refractivity contribution in [3.63, 3.8) is 0 Å². The van der Waals surface area contributed by atoms with Crippen LogP contribution in [0, 0.1) is 6.92 Å². The van der Waals surface area contributed by atoms with Gasteiger partial charge in [0.2, 0.25) is 0 Å². The van der Waals surface area contributed by atoms with E-state index in [4.69, 9.17) is 0 Å². The van der Waals surface area contributed by atoms with Crippen molar-refractivity contribution in [3.8, 4) is 0 Å². The number of thiazole rings is 1. The van der Waals surface area contributed by atoms with E-state index in [-0.39, 0.29) is 0 Å². The molecule has 16 heavy (non-hydrogen) atoms. The van der Waals surface area contributed by atoms with Crippen LogP contribution in [0.5, 0.6) is 0 Å². The summed E-state index contributed by atoms with van der Waals surface area (Å²) in [5.41, 5.74) is 1.14. The molecule has 1 rings (SSSR count). The molecule has 0 aliphatic carbocycles. The number of rotatable bonds is 8. The van der Waals surface area contributed by atoms with Gasteiger partial charge in [0.05, 0.1) is 6.04 Å². The van der Waals surface area contributed by atoms with Gasteiger partial charge in [-0.3, -0.25) is 0 Å². The molecule has 0 saturated carbocycles. The van der Waals surface area contributed by atoms with E-state index in [1.165, 1.54) is 37.1 Å². The van der Waals surface area contributed by atoms with Gasteiger partial charge in [-0.2, -0.15) is 0 Å². The zero-order valence-corrected chi connectivity index (χ0v) is 11.6. The normalized spacial score (nSPS) is 12.9. The molecule has 0 bridgehead atoms. The molecule has 1 heterocycles. The van der Waals surface area contributed by atoms with Crippen molar-refractivity contribution in [2.24, 2.45) is 0 Å². The first-order valence-corrected chi connectivity index (χ1v) is 7.27. The van der Waals surface area contributed by atoms with Crippen LogP contribution in [0.1, 0.15) is 62.7 Å². The Kier molecular flexibility index (Phi) is 6.65. The van der Waals surface area contributed by atoms with Gasteiger partial charge in [-0.1, -0.05) is 32.6 Å². The third-order valence-electron chi connectivity index (χ3n) is 2.74. The molecule has 0 radical (unpaired) electrons. The quantitative estimate of drug-likeness (QED) is 0.693. The first-order valence-electron chi connectivity index (χ1n) is 6.39. The fraction of sp³-hybridized carbons (Fsp3) is 0.769. The van der Waals surface area contributed by atoms with Gasteiger partial charge in [0.15, 0.2) is 0 Å². The van der Waals surface area contributed by atoms with Crippen LogP contribution >= 0.6 is 11.3 Å². The number of hydrogen-bond donors (Lipinski definition) is 1. The molecule has 0 spiro atoms. The van der Waals surface area contributed by atoms with E-state index in [2.05, 4.69) is 36.5 Å².